The van der Waals surface area contributed by atoms with Crippen LogP contribution in [0.15, 0.2) is 22.7 Å². The topological polar surface area (TPSA) is 59.2 Å². The lowest BCUT2D eigenvalue weighted by atomic mass is 10.1. The summed E-state index contributed by atoms with van der Waals surface area (Å²) < 4.78 is 5.20. The van der Waals surface area contributed by atoms with Crippen molar-refractivity contribution in [1.29, 1.82) is 0 Å². The largest absolute Gasteiger partial charge is 0.339 e. The first kappa shape index (κ1) is 14.1. The average Bonchev–Trinajstić information content (AvgIpc) is 3.09. The molecule has 1 aromatic heterocycles. The molecular formula is C15H16ClN3O2. The van der Waals surface area contributed by atoms with Gasteiger partial charge in [0.15, 0.2) is 5.82 Å². The van der Waals surface area contributed by atoms with Gasteiger partial charge in [-0.25, -0.2) is 0 Å². The number of likely N-dealkylation sites (tertiary alicyclic amines) is 1. The lowest BCUT2D eigenvalue weighted by Gasteiger charge is -2.17. The Kier molecular flexibility index (Phi) is 3.68. The minimum atomic E-state index is 0.00809. The Hall–Kier alpha value is -1.88. The minimum absolute atomic E-state index is 0.00809. The smallest absolute Gasteiger partial charge is 0.254 e. The molecule has 0 bridgehead atoms. The molecule has 1 aromatic carbocycles. The van der Waals surface area contributed by atoms with Crippen molar-refractivity contribution in [2.24, 2.45) is 0 Å². The number of hydrogen-bond acceptors (Lipinski definition) is 4. The number of hydrogen-bond donors (Lipinski definition) is 0. The standard InChI is InChI=1S/C15H16ClN3O2/c1-9-3-4-12(16)7-13(9)15(20)19-6-5-11(8-19)14-17-10(2)18-21-14/h3-4,7,11H,5-6,8H2,1-2H3/t11-/m0/s1. The second-order valence-corrected chi connectivity index (χ2v) is 5.81. The van der Waals surface area contributed by atoms with E-state index in [0.717, 1.165) is 12.0 Å². The van der Waals surface area contributed by atoms with Gasteiger partial charge in [-0.1, -0.05) is 22.8 Å². The molecule has 0 spiro atoms. The van der Waals surface area contributed by atoms with E-state index in [1.165, 1.54) is 0 Å². The maximum atomic E-state index is 12.6. The molecule has 1 saturated heterocycles. The van der Waals surface area contributed by atoms with Crippen LogP contribution < -0.4 is 0 Å². The van der Waals surface area contributed by atoms with Crippen molar-refractivity contribution in [1.82, 2.24) is 15.0 Å². The van der Waals surface area contributed by atoms with Crippen LogP contribution in [0.3, 0.4) is 0 Å². The molecule has 1 aliphatic rings. The lowest BCUT2D eigenvalue weighted by molar-refractivity contribution is 0.0789. The van der Waals surface area contributed by atoms with Crippen LogP contribution >= 0.6 is 11.6 Å². The van der Waals surface area contributed by atoms with E-state index >= 15 is 0 Å². The van der Waals surface area contributed by atoms with E-state index in [1.807, 2.05) is 17.9 Å². The SMILES string of the molecule is Cc1noc([C@H]2CCN(C(=O)c3cc(Cl)ccc3C)C2)n1. The van der Waals surface area contributed by atoms with Crippen LogP contribution in [-0.2, 0) is 0 Å². The normalized spacial score (nSPS) is 18.2. The van der Waals surface area contributed by atoms with E-state index in [4.69, 9.17) is 16.1 Å². The van der Waals surface area contributed by atoms with Crippen molar-refractivity contribution in [2.75, 3.05) is 13.1 Å². The summed E-state index contributed by atoms with van der Waals surface area (Å²) in [5.41, 5.74) is 1.59. The third kappa shape index (κ3) is 2.78. The second-order valence-electron chi connectivity index (χ2n) is 5.38. The number of amides is 1. The summed E-state index contributed by atoms with van der Waals surface area (Å²) in [5.74, 6) is 1.37. The summed E-state index contributed by atoms with van der Waals surface area (Å²) in [7, 11) is 0. The highest BCUT2D eigenvalue weighted by molar-refractivity contribution is 6.31. The van der Waals surface area contributed by atoms with Gasteiger partial charge < -0.3 is 9.42 Å². The summed E-state index contributed by atoms with van der Waals surface area (Å²) in [6.45, 7) is 5.00. The van der Waals surface area contributed by atoms with E-state index in [2.05, 4.69) is 10.1 Å². The molecule has 21 heavy (non-hydrogen) atoms. The fourth-order valence-electron chi connectivity index (χ4n) is 2.62. The number of carbonyl (C=O) groups is 1. The highest BCUT2D eigenvalue weighted by Gasteiger charge is 2.31. The highest BCUT2D eigenvalue weighted by Crippen LogP contribution is 2.28. The van der Waals surface area contributed by atoms with Crippen molar-refractivity contribution in [2.45, 2.75) is 26.2 Å². The molecule has 2 aromatic rings. The fraction of sp³-hybridized carbons (Fsp3) is 0.400. The first-order chi connectivity index (χ1) is 10.0. The number of halogens is 1. The van der Waals surface area contributed by atoms with Gasteiger partial charge in [0.25, 0.3) is 5.91 Å². The Bertz CT molecular complexity index is 683. The van der Waals surface area contributed by atoms with Gasteiger partial charge in [0, 0.05) is 23.7 Å². The van der Waals surface area contributed by atoms with Crippen LogP contribution in [0.4, 0.5) is 0 Å². The number of aromatic nitrogens is 2. The summed E-state index contributed by atoms with van der Waals surface area (Å²) in [6, 6.07) is 5.38. The number of carbonyl (C=O) groups excluding carboxylic acids is 1. The predicted octanol–water partition coefficient (Wildman–Crippen LogP) is 2.97. The molecule has 0 N–H and O–H groups in total. The molecule has 2 heterocycles. The maximum Gasteiger partial charge on any atom is 0.254 e. The quantitative estimate of drug-likeness (QED) is 0.856. The molecule has 0 saturated carbocycles. The van der Waals surface area contributed by atoms with Crippen LogP contribution in [0.2, 0.25) is 5.02 Å². The monoisotopic (exact) mass is 305 g/mol. The van der Waals surface area contributed by atoms with Crippen LogP contribution in [0.25, 0.3) is 0 Å². The highest BCUT2D eigenvalue weighted by atomic mass is 35.5. The van der Waals surface area contributed by atoms with Crippen LogP contribution in [-0.4, -0.2) is 34.0 Å². The maximum absolute atomic E-state index is 12.6. The first-order valence-corrected chi connectivity index (χ1v) is 7.28. The molecule has 6 heteroatoms. The number of aryl methyl sites for hydroxylation is 2. The van der Waals surface area contributed by atoms with Gasteiger partial charge in [-0.15, -0.1) is 0 Å². The molecule has 0 unspecified atom stereocenters. The Labute approximate surface area is 127 Å². The zero-order chi connectivity index (χ0) is 15.0. The third-order valence-corrected chi connectivity index (χ3v) is 4.03. The first-order valence-electron chi connectivity index (χ1n) is 6.90. The number of benzene rings is 1. The minimum Gasteiger partial charge on any atom is -0.339 e. The van der Waals surface area contributed by atoms with E-state index in [1.54, 1.807) is 19.1 Å². The summed E-state index contributed by atoms with van der Waals surface area (Å²) in [5, 5.41) is 4.38. The Balaban J connectivity index is 1.76. The predicted molar refractivity (Wildman–Crippen MR) is 78.5 cm³/mol. The van der Waals surface area contributed by atoms with E-state index in [9.17, 15) is 4.79 Å². The molecule has 3 rings (SSSR count). The molecule has 110 valence electrons. The van der Waals surface area contributed by atoms with E-state index in [0.29, 0.717) is 35.4 Å². The van der Waals surface area contributed by atoms with Crippen molar-refractivity contribution in [3.63, 3.8) is 0 Å². The van der Waals surface area contributed by atoms with Gasteiger partial charge in [-0.3, -0.25) is 4.79 Å². The van der Waals surface area contributed by atoms with Gasteiger partial charge in [0.05, 0.1) is 5.92 Å². The molecule has 0 radical (unpaired) electrons. The van der Waals surface area contributed by atoms with Gasteiger partial charge in [0.1, 0.15) is 0 Å². The molecule has 1 atom stereocenters. The molecule has 1 fully saturated rings. The number of rotatable bonds is 2. The Morgan fingerprint density at radius 3 is 2.95 bits per heavy atom. The fourth-order valence-corrected chi connectivity index (χ4v) is 2.79. The summed E-state index contributed by atoms with van der Waals surface area (Å²) >= 11 is 5.99. The summed E-state index contributed by atoms with van der Waals surface area (Å²) in [4.78, 5) is 18.7. The van der Waals surface area contributed by atoms with E-state index < -0.39 is 0 Å². The third-order valence-electron chi connectivity index (χ3n) is 3.80. The number of nitrogens with zero attached hydrogens (tertiary/aromatic N) is 3. The zero-order valence-corrected chi connectivity index (χ0v) is 12.7. The Morgan fingerprint density at radius 2 is 2.24 bits per heavy atom. The van der Waals surface area contributed by atoms with E-state index in [-0.39, 0.29) is 11.8 Å². The Morgan fingerprint density at radius 1 is 1.43 bits per heavy atom. The van der Waals surface area contributed by atoms with Crippen LogP contribution in [0, 0.1) is 13.8 Å². The van der Waals surface area contributed by atoms with Gasteiger partial charge in [-0.05, 0) is 38.0 Å². The molecule has 5 nitrogen and oxygen atoms in total. The molecule has 1 aliphatic heterocycles. The second kappa shape index (κ2) is 5.48. The van der Waals surface area contributed by atoms with Gasteiger partial charge >= 0.3 is 0 Å². The molecule has 0 aliphatic carbocycles. The van der Waals surface area contributed by atoms with Crippen LogP contribution in [0.1, 0.15) is 40.0 Å². The van der Waals surface area contributed by atoms with Crippen molar-refractivity contribution < 1.29 is 9.32 Å². The molecule has 1 amide bonds. The van der Waals surface area contributed by atoms with Crippen molar-refractivity contribution >= 4 is 17.5 Å². The van der Waals surface area contributed by atoms with Crippen LogP contribution in [0.5, 0.6) is 0 Å². The molecular weight excluding hydrogens is 290 g/mol. The van der Waals surface area contributed by atoms with Gasteiger partial charge in [0.2, 0.25) is 5.89 Å². The zero-order valence-electron chi connectivity index (χ0n) is 12.0. The average molecular weight is 306 g/mol. The van der Waals surface area contributed by atoms with Gasteiger partial charge in [-0.2, -0.15) is 4.98 Å². The van der Waals surface area contributed by atoms with Crippen molar-refractivity contribution in [3.05, 3.63) is 46.1 Å². The van der Waals surface area contributed by atoms with Crippen molar-refractivity contribution in [3.8, 4) is 0 Å². The summed E-state index contributed by atoms with van der Waals surface area (Å²) in [6.07, 6.45) is 0.840. The lowest BCUT2D eigenvalue weighted by Crippen LogP contribution is -2.29.